The monoisotopic (exact) mass is 277 g/mol. The van der Waals surface area contributed by atoms with Crippen molar-refractivity contribution in [2.24, 2.45) is 5.92 Å². The number of aromatic nitrogens is 2. The fourth-order valence-electron chi connectivity index (χ4n) is 4.09. The van der Waals surface area contributed by atoms with E-state index in [0.29, 0.717) is 6.04 Å². The second-order valence-corrected chi connectivity index (χ2v) is 6.61. The molecule has 0 spiro atoms. The number of hydrogen-bond donors (Lipinski definition) is 1. The van der Waals surface area contributed by atoms with E-state index in [-0.39, 0.29) is 11.6 Å². The molecule has 5 nitrogen and oxygen atoms in total. The number of ether oxygens (including phenoxy) is 1. The van der Waals surface area contributed by atoms with E-state index in [1.807, 2.05) is 0 Å². The number of nitrogens with zero attached hydrogens (tertiary/aromatic N) is 2. The number of rotatable bonds is 3. The van der Waals surface area contributed by atoms with Crippen LogP contribution in [0.2, 0.25) is 0 Å². The van der Waals surface area contributed by atoms with Gasteiger partial charge < -0.3 is 14.6 Å². The molecule has 3 fully saturated rings. The summed E-state index contributed by atoms with van der Waals surface area (Å²) >= 11 is 0. The van der Waals surface area contributed by atoms with Gasteiger partial charge in [0.25, 0.3) is 0 Å². The second-order valence-electron chi connectivity index (χ2n) is 6.61. The van der Waals surface area contributed by atoms with Crippen molar-refractivity contribution in [1.82, 2.24) is 15.5 Å². The van der Waals surface area contributed by atoms with Gasteiger partial charge in [0.1, 0.15) is 5.60 Å². The van der Waals surface area contributed by atoms with Crippen LogP contribution in [0.25, 0.3) is 0 Å². The molecule has 1 saturated heterocycles. The number of nitrogens with one attached hydrogen (secondary N) is 1. The topological polar surface area (TPSA) is 60.2 Å². The molecule has 0 aromatic carbocycles. The first-order valence-electron chi connectivity index (χ1n) is 7.96. The van der Waals surface area contributed by atoms with Crippen molar-refractivity contribution in [3.8, 4) is 0 Å². The summed E-state index contributed by atoms with van der Waals surface area (Å²) in [5, 5.41) is 7.88. The van der Waals surface area contributed by atoms with Gasteiger partial charge in [0.2, 0.25) is 11.7 Å². The van der Waals surface area contributed by atoms with Crippen LogP contribution in [0.1, 0.15) is 69.1 Å². The molecule has 0 amide bonds. The highest BCUT2D eigenvalue weighted by Gasteiger charge is 2.44. The third-order valence-electron chi connectivity index (χ3n) is 5.56. The molecule has 3 atom stereocenters. The molecule has 5 heteroatoms. The van der Waals surface area contributed by atoms with E-state index in [0.717, 1.165) is 36.9 Å². The third kappa shape index (κ3) is 1.91. The molecule has 2 aliphatic carbocycles. The highest BCUT2D eigenvalue weighted by Crippen LogP contribution is 2.44. The van der Waals surface area contributed by atoms with E-state index in [1.165, 1.54) is 32.1 Å². The zero-order valence-electron chi connectivity index (χ0n) is 12.1. The molecule has 4 rings (SSSR count). The van der Waals surface area contributed by atoms with Crippen LogP contribution < -0.4 is 5.32 Å². The van der Waals surface area contributed by atoms with Crippen LogP contribution in [0.3, 0.4) is 0 Å². The lowest BCUT2D eigenvalue weighted by Gasteiger charge is -2.37. The molecule has 20 heavy (non-hydrogen) atoms. The Kier molecular flexibility index (Phi) is 3.07. The Balaban J connectivity index is 1.51. The fourth-order valence-corrected chi connectivity index (χ4v) is 4.09. The van der Waals surface area contributed by atoms with Crippen LogP contribution in [0, 0.1) is 5.92 Å². The number of hydrogen-bond acceptors (Lipinski definition) is 5. The maximum absolute atomic E-state index is 5.62. The van der Waals surface area contributed by atoms with Crippen molar-refractivity contribution in [1.29, 1.82) is 0 Å². The lowest BCUT2D eigenvalue weighted by atomic mass is 9.79. The Morgan fingerprint density at radius 1 is 1.25 bits per heavy atom. The summed E-state index contributed by atoms with van der Waals surface area (Å²) in [7, 11) is 1.75. The molecule has 3 aliphatic rings. The van der Waals surface area contributed by atoms with Gasteiger partial charge in [0.05, 0.1) is 6.04 Å². The lowest BCUT2D eigenvalue weighted by molar-refractivity contribution is -0.0858. The van der Waals surface area contributed by atoms with Crippen LogP contribution in [-0.4, -0.2) is 23.3 Å². The smallest absolute Gasteiger partial charge is 0.243 e. The van der Waals surface area contributed by atoms with Crippen molar-refractivity contribution >= 4 is 0 Å². The van der Waals surface area contributed by atoms with E-state index in [4.69, 9.17) is 9.26 Å². The first-order chi connectivity index (χ1) is 9.81. The summed E-state index contributed by atoms with van der Waals surface area (Å²) in [5.41, 5.74) is -0.271. The Morgan fingerprint density at radius 2 is 2.10 bits per heavy atom. The summed E-state index contributed by atoms with van der Waals surface area (Å²) < 4.78 is 11.2. The first kappa shape index (κ1) is 12.8. The van der Waals surface area contributed by atoms with Crippen molar-refractivity contribution < 1.29 is 9.26 Å². The summed E-state index contributed by atoms with van der Waals surface area (Å²) in [6, 6.07) is 0.905. The van der Waals surface area contributed by atoms with Gasteiger partial charge in [0.15, 0.2) is 0 Å². The Morgan fingerprint density at radius 3 is 2.80 bits per heavy atom. The zero-order valence-corrected chi connectivity index (χ0v) is 12.1. The van der Waals surface area contributed by atoms with Gasteiger partial charge in [-0.25, -0.2) is 0 Å². The SMILES string of the molecule is COC1(c2noc(C3CC4CCCCC4N3)n2)CCC1. The van der Waals surface area contributed by atoms with Crippen LogP contribution in [0.15, 0.2) is 4.52 Å². The predicted molar refractivity (Wildman–Crippen MR) is 73.1 cm³/mol. The highest BCUT2D eigenvalue weighted by atomic mass is 16.5. The van der Waals surface area contributed by atoms with Gasteiger partial charge in [-0.05, 0) is 44.4 Å². The van der Waals surface area contributed by atoms with Crippen LogP contribution in [0.5, 0.6) is 0 Å². The van der Waals surface area contributed by atoms with Gasteiger partial charge >= 0.3 is 0 Å². The largest absolute Gasteiger partial charge is 0.370 e. The molecule has 1 aromatic heterocycles. The summed E-state index contributed by atoms with van der Waals surface area (Å²) in [6.45, 7) is 0. The molecule has 1 aromatic rings. The molecule has 3 unspecified atom stereocenters. The van der Waals surface area contributed by atoms with E-state index in [1.54, 1.807) is 7.11 Å². The molecule has 1 aliphatic heterocycles. The van der Waals surface area contributed by atoms with Crippen LogP contribution in [-0.2, 0) is 10.3 Å². The summed E-state index contributed by atoms with van der Waals surface area (Å²) in [6.07, 6.45) is 9.70. The van der Waals surface area contributed by atoms with E-state index in [2.05, 4.69) is 15.5 Å². The van der Waals surface area contributed by atoms with Crippen molar-refractivity contribution in [3.63, 3.8) is 0 Å². The minimum absolute atomic E-state index is 0.248. The third-order valence-corrected chi connectivity index (χ3v) is 5.56. The van der Waals surface area contributed by atoms with Crippen LogP contribution in [0.4, 0.5) is 0 Å². The van der Waals surface area contributed by atoms with Gasteiger partial charge in [-0.15, -0.1) is 0 Å². The molecule has 2 saturated carbocycles. The predicted octanol–water partition coefficient (Wildman–Crippen LogP) is 2.69. The molecular weight excluding hydrogens is 254 g/mol. The summed E-state index contributed by atoms with van der Waals surface area (Å²) in [4.78, 5) is 4.65. The van der Waals surface area contributed by atoms with Crippen molar-refractivity contribution in [3.05, 3.63) is 11.7 Å². The van der Waals surface area contributed by atoms with E-state index in [9.17, 15) is 0 Å². The standard InChI is InChI=1S/C15H23N3O2/c1-19-15(7-4-8-15)14-17-13(20-18-14)12-9-10-5-2-3-6-11(10)16-12/h10-12,16H,2-9H2,1H3. The van der Waals surface area contributed by atoms with Gasteiger partial charge in [0, 0.05) is 13.2 Å². The Bertz CT molecular complexity index is 464. The van der Waals surface area contributed by atoms with E-state index >= 15 is 0 Å². The Hall–Kier alpha value is -0.940. The van der Waals surface area contributed by atoms with Gasteiger partial charge in [-0.3, -0.25) is 0 Å². The summed E-state index contributed by atoms with van der Waals surface area (Å²) in [5.74, 6) is 2.31. The van der Waals surface area contributed by atoms with Crippen molar-refractivity contribution in [2.75, 3.05) is 7.11 Å². The molecule has 0 bridgehead atoms. The molecular formula is C15H23N3O2. The molecule has 1 N–H and O–H groups in total. The first-order valence-corrected chi connectivity index (χ1v) is 7.96. The van der Waals surface area contributed by atoms with Gasteiger partial charge in [-0.1, -0.05) is 18.0 Å². The zero-order chi connectivity index (χ0) is 13.6. The normalized spacial score (nSPS) is 35.5. The second kappa shape index (κ2) is 4.81. The average molecular weight is 277 g/mol. The van der Waals surface area contributed by atoms with Crippen LogP contribution >= 0.6 is 0 Å². The number of methoxy groups -OCH3 is 1. The van der Waals surface area contributed by atoms with Gasteiger partial charge in [-0.2, -0.15) is 4.98 Å². The molecule has 2 heterocycles. The highest BCUT2D eigenvalue weighted by molar-refractivity contribution is 5.09. The minimum Gasteiger partial charge on any atom is -0.370 e. The molecule has 0 radical (unpaired) electrons. The maximum atomic E-state index is 5.62. The molecule has 110 valence electrons. The minimum atomic E-state index is -0.271. The fraction of sp³-hybridized carbons (Fsp3) is 0.867. The average Bonchev–Trinajstić information content (AvgIpc) is 3.04. The van der Waals surface area contributed by atoms with E-state index < -0.39 is 0 Å². The Labute approximate surface area is 119 Å². The van der Waals surface area contributed by atoms with Crippen molar-refractivity contribution in [2.45, 2.75) is 69.1 Å². The number of fused-ring (bicyclic) bond motifs is 1. The lowest BCUT2D eigenvalue weighted by Crippen LogP contribution is -2.37. The maximum Gasteiger partial charge on any atom is 0.243 e. The quantitative estimate of drug-likeness (QED) is 0.920.